The maximum atomic E-state index is 14.2. The molecule has 2 aromatic carbocycles. The molecule has 1 aliphatic carbocycles. The third kappa shape index (κ3) is 13.2. The minimum absolute atomic E-state index is 0.0169. The molecule has 9 rings (SSSR count). The van der Waals surface area contributed by atoms with Crippen LogP contribution >= 0.6 is 23.2 Å². The molecule has 5 fully saturated rings. The van der Waals surface area contributed by atoms with Gasteiger partial charge in [0, 0.05) is 129 Å². The number of piperazine rings is 2. The Morgan fingerprint density at radius 1 is 0.634 bits per heavy atom. The highest BCUT2D eigenvalue weighted by Crippen LogP contribution is 2.31. The zero-order chi connectivity index (χ0) is 50.2. The number of rotatable bonds is 13. The van der Waals surface area contributed by atoms with Gasteiger partial charge in [0.25, 0.3) is 17.7 Å². The van der Waals surface area contributed by atoms with Crippen LogP contribution in [-0.2, 0) is 6.54 Å². The Morgan fingerprint density at radius 2 is 1.15 bits per heavy atom. The Morgan fingerprint density at radius 3 is 1.65 bits per heavy atom. The zero-order valence-electron chi connectivity index (χ0n) is 42.3. The summed E-state index contributed by atoms with van der Waals surface area (Å²) in [5.74, 6) is 1.76. The van der Waals surface area contributed by atoms with Crippen molar-refractivity contribution < 1.29 is 18.8 Å². The predicted molar refractivity (Wildman–Crippen MR) is 283 cm³/mol. The van der Waals surface area contributed by atoms with Gasteiger partial charge in [-0.3, -0.25) is 29.1 Å². The lowest BCUT2D eigenvalue weighted by molar-refractivity contribution is 0.0490. The number of nitrogens with zero attached hydrogens (tertiary/aromatic N) is 8. The van der Waals surface area contributed by atoms with E-state index in [0.717, 1.165) is 140 Å². The monoisotopic (exact) mass is 1010 g/mol. The van der Waals surface area contributed by atoms with E-state index in [1.54, 1.807) is 36.7 Å². The van der Waals surface area contributed by atoms with Crippen LogP contribution < -0.4 is 20.4 Å². The van der Waals surface area contributed by atoms with E-state index in [9.17, 15) is 18.8 Å². The quantitative estimate of drug-likeness (QED) is 0.135. The van der Waals surface area contributed by atoms with Crippen LogP contribution in [0.1, 0.15) is 120 Å². The summed E-state index contributed by atoms with van der Waals surface area (Å²) < 4.78 is 14.2. The van der Waals surface area contributed by atoms with E-state index < -0.39 is 0 Å². The lowest BCUT2D eigenvalue weighted by Crippen LogP contribution is -2.58. The van der Waals surface area contributed by atoms with E-state index in [-0.39, 0.29) is 23.5 Å². The minimum Gasteiger partial charge on any atom is -0.354 e. The van der Waals surface area contributed by atoms with Gasteiger partial charge in [-0.15, -0.1) is 0 Å². The van der Waals surface area contributed by atoms with Gasteiger partial charge < -0.3 is 25.3 Å². The van der Waals surface area contributed by atoms with Crippen molar-refractivity contribution in [2.24, 2.45) is 0 Å². The fourth-order valence-corrected chi connectivity index (χ4v) is 11.4. The number of pyridine rings is 2. The van der Waals surface area contributed by atoms with E-state index in [1.165, 1.54) is 6.07 Å². The van der Waals surface area contributed by atoms with Crippen LogP contribution in [-0.4, -0.2) is 149 Å². The molecule has 0 spiro atoms. The molecule has 5 aliphatic rings. The second-order valence-corrected chi connectivity index (χ2v) is 21.0. The van der Waals surface area contributed by atoms with Crippen molar-refractivity contribution in [2.45, 2.75) is 123 Å². The number of nitrogens with one attached hydrogen (secondary N) is 2. The second-order valence-electron chi connectivity index (χ2n) is 20.1. The molecule has 6 heterocycles. The highest BCUT2D eigenvalue weighted by molar-refractivity contribution is 6.30. The molecule has 4 saturated heterocycles. The zero-order valence-corrected chi connectivity index (χ0v) is 43.8. The van der Waals surface area contributed by atoms with Gasteiger partial charge in [-0.25, -0.2) is 14.4 Å². The van der Waals surface area contributed by atoms with E-state index >= 15 is 0 Å². The van der Waals surface area contributed by atoms with Gasteiger partial charge >= 0.3 is 0 Å². The summed E-state index contributed by atoms with van der Waals surface area (Å²) in [6.45, 7) is 21.0. The Balaban J connectivity index is 0.000000191. The molecule has 2 aromatic heterocycles. The minimum atomic E-state index is -0.218. The molecule has 0 unspecified atom stereocenters. The first-order chi connectivity index (χ1) is 34.3. The largest absolute Gasteiger partial charge is 0.354 e. The smallest absolute Gasteiger partial charge is 0.253 e. The number of halogens is 3. The maximum Gasteiger partial charge on any atom is 0.253 e. The lowest BCUT2D eigenvalue weighted by Gasteiger charge is -2.48. The van der Waals surface area contributed by atoms with Gasteiger partial charge in [0.05, 0.1) is 11.1 Å². The van der Waals surface area contributed by atoms with Crippen molar-refractivity contribution in [1.29, 1.82) is 0 Å². The second kappa shape index (κ2) is 24.2. The van der Waals surface area contributed by atoms with E-state index in [1.807, 2.05) is 43.0 Å². The average Bonchev–Trinajstić information content (AvgIpc) is 4.21. The molecule has 4 aromatic rings. The van der Waals surface area contributed by atoms with Gasteiger partial charge in [-0.1, -0.05) is 43.1 Å². The van der Waals surface area contributed by atoms with Crippen LogP contribution in [0.4, 0.5) is 16.0 Å². The van der Waals surface area contributed by atoms with Crippen molar-refractivity contribution in [3.63, 3.8) is 0 Å². The summed E-state index contributed by atoms with van der Waals surface area (Å²) in [5.41, 5.74) is 4.78. The number of amides is 3. The Hall–Kier alpha value is -4.86. The van der Waals surface area contributed by atoms with Gasteiger partial charge in [-0.2, -0.15) is 0 Å². The summed E-state index contributed by atoms with van der Waals surface area (Å²) in [7, 11) is 0. The molecule has 4 aliphatic heterocycles. The number of benzene rings is 2. The number of anilines is 2. The Labute approximate surface area is 430 Å². The fraction of sp³-hybridized carbons (Fsp3) is 0.545. The SMILES string of the molecule is CCNC(=O)c1cnc(N2CCN(C3CCN(Cc4ccc(Cl)cc4F)CC3)[C@@H](CC)C2)c(C)c1.CC[C@H]1CN(c2ncc(C(=O)NC3CC3)cc2C)CCN1C1CCN(C(=O)c2ccc(Cl)cc2)CC1. The van der Waals surface area contributed by atoms with Crippen LogP contribution in [0, 0.1) is 19.7 Å². The summed E-state index contributed by atoms with van der Waals surface area (Å²) in [5, 5.41) is 6.98. The van der Waals surface area contributed by atoms with Crippen LogP contribution in [0.3, 0.4) is 0 Å². The number of hydrogen-bond acceptors (Lipinski definition) is 10. The van der Waals surface area contributed by atoms with Crippen LogP contribution in [0.15, 0.2) is 67.0 Å². The molecular weight excluding hydrogens is 939 g/mol. The molecule has 1 saturated carbocycles. The number of likely N-dealkylation sites (tertiary alicyclic amines) is 2. The van der Waals surface area contributed by atoms with Crippen molar-refractivity contribution in [1.82, 2.24) is 40.2 Å². The molecule has 3 amide bonds. The van der Waals surface area contributed by atoms with Crippen molar-refractivity contribution in [2.75, 3.05) is 81.8 Å². The lowest BCUT2D eigenvalue weighted by atomic mass is 9.97. The summed E-state index contributed by atoms with van der Waals surface area (Å²) in [4.78, 5) is 61.3. The van der Waals surface area contributed by atoms with Crippen molar-refractivity contribution in [3.8, 4) is 0 Å². The molecule has 71 heavy (non-hydrogen) atoms. The number of carbonyl (C=O) groups excluding carboxylic acids is 3. The van der Waals surface area contributed by atoms with E-state index in [0.29, 0.717) is 75.6 Å². The summed E-state index contributed by atoms with van der Waals surface area (Å²) in [6, 6.07) is 18.4. The molecule has 0 radical (unpaired) electrons. The van der Waals surface area contributed by atoms with Gasteiger partial charge in [0.15, 0.2) is 0 Å². The summed E-state index contributed by atoms with van der Waals surface area (Å²) >= 11 is 11.9. The summed E-state index contributed by atoms with van der Waals surface area (Å²) in [6.07, 6.45) is 11.9. The molecular formula is C55H73Cl2FN10O3. The first kappa shape index (κ1) is 52.5. The predicted octanol–water partition coefficient (Wildman–Crippen LogP) is 8.64. The van der Waals surface area contributed by atoms with Gasteiger partial charge in [-0.05, 0) is 145 Å². The number of carbonyl (C=O) groups is 3. The van der Waals surface area contributed by atoms with Gasteiger partial charge in [0.2, 0.25) is 0 Å². The van der Waals surface area contributed by atoms with Crippen LogP contribution in [0.25, 0.3) is 0 Å². The number of piperidine rings is 2. The fourth-order valence-electron chi connectivity index (χ4n) is 11.1. The number of aromatic nitrogens is 2. The van der Waals surface area contributed by atoms with Crippen LogP contribution in [0.5, 0.6) is 0 Å². The van der Waals surface area contributed by atoms with Crippen molar-refractivity contribution >= 4 is 52.6 Å². The molecule has 2 N–H and O–H groups in total. The van der Waals surface area contributed by atoms with E-state index in [4.69, 9.17) is 28.2 Å². The van der Waals surface area contributed by atoms with Gasteiger partial charge in [0.1, 0.15) is 17.5 Å². The standard InChI is InChI=1S/C28H36ClN5O2.C27H37ClFN5O/c1-3-24-18-33(26-19(2)16-21(17-30-26)27(35)31-23-8-9-23)14-15-34(24)25-10-12-32(13-11-25)28(36)20-4-6-22(29)7-5-20;1-4-23-18-33(26-19(3)14-21(16-31-26)27(35)30-5-2)12-13-34(23)24-8-10-32(11-9-24)17-20-6-7-22(28)15-25(20)29/h4-7,16-17,23-25H,3,8-15,18H2,1-2H3,(H,31,35);6-7,14-16,23-24H,4-5,8-13,17-18H2,1-3H3,(H,30,35)/t24-;23-/m00/s1. The Bertz CT molecular complexity index is 2460. The average molecular weight is 1010 g/mol. The molecule has 13 nitrogen and oxygen atoms in total. The van der Waals surface area contributed by atoms with Crippen molar-refractivity contribution in [3.05, 3.63) is 116 Å². The molecule has 16 heteroatoms. The number of aryl methyl sites for hydroxylation is 2. The highest BCUT2D eigenvalue weighted by Gasteiger charge is 2.36. The molecule has 2 atom stereocenters. The highest BCUT2D eigenvalue weighted by atomic mass is 35.5. The normalized spacial score (nSPS) is 20.9. The first-order valence-electron chi connectivity index (χ1n) is 26.1. The molecule has 0 bridgehead atoms. The van der Waals surface area contributed by atoms with Crippen LogP contribution in [0.2, 0.25) is 10.0 Å². The Kier molecular flexibility index (Phi) is 17.9. The first-order valence-corrected chi connectivity index (χ1v) is 26.8. The molecule has 382 valence electrons. The maximum absolute atomic E-state index is 14.2. The number of hydrogen-bond donors (Lipinski definition) is 2. The third-order valence-corrected chi connectivity index (χ3v) is 15.7. The van der Waals surface area contributed by atoms with E-state index in [2.05, 4.69) is 60.9 Å². The topological polar surface area (TPSA) is 120 Å². The third-order valence-electron chi connectivity index (χ3n) is 15.2.